The Labute approximate surface area is 78.1 Å². The monoisotopic (exact) mass is 192 g/mol. The van der Waals surface area contributed by atoms with Crippen molar-refractivity contribution in [2.45, 2.75) is 6.10 Å². The van der Waals surface area contributed by atoms with Crippen molar-refractivity contribution in [3.05, 3.63) is 0 Å². The first-order valence-electron chi connectivity index (χ1n) is 4.17. The van der Waals surface area contributed by atoms with Gasteiger partial charge in [0.15, 0.2) is 0 Å². The summed E-state index contributed by atoms with van der Waals surface area (Å²) in [7, 11) is 0. The predicted molar refractivity (Wildman–Crippen MR) is 49.7 cm³/mol. The van der Waals surface area contributed by atoms with Crippen molar-refractivity contribution < 1.29 is 10.3 Å². The summed E-state index contributed by atoms with van der Waals surface area (Å²) in [4.78, 5) is 2.13. The van der Waals surface area contributed by atoms with E-state index >= 15 is 0 Å². The first-order valence-corrected chi connectivity index (χ1v) is 4.80. The van der Waals surface area contributed by atoms with Crippen LogP contribution in [0.15, 0.2) is 0 Å². The fourth-order valence-electron chi connectivity index (χ4n) is 1.28. The number of aliphatic hydroxyl groups is 1. The highest BCUT2D eigenvalue weighted by Gasteiger charge is 2.16. The normalized spacial score (nSPS) is 24.2. The molecule has 0 aromatic heterocycles. The number of piperazine rings is 1. The standard InChI is InChI=1S/C7H16N2O2S/c10-7(6-12)5-8-1-3-9(11)4-2-8/h7,10-12H,1-6H2. The third-order valence-electron chi connectivity index (χ3n) is 2.03. The largest absolute Gasteiger partial charge is 0.391 e. The van der Waals surface area contributed by atoms with Crippen LogP contribution >= 0.6 is 12.6 Å². The van der Waals surface area contributed by atoms with Crippen LogP contribution in [-0.4, -0.2) is 64.9 Å². The van der Waals surface area contributed by atoms with Crippen LogP contribution in [0.3, 0.4) is 0 Å². The summed E-state index contributed by atoms with van der Waals surface area (Å²) in [5, 5.41) is 19.6. The Hall–Kier alpha value is 0.190. The van der Waals surface area contributed by atoms with Gasteiger partial charge in [0.05, 0.1) is 6.10 Å². The summed E-state index contributed by atoms with van der Waals surface area (Å²) in [6, 6.07) is 0. The summed E-state index contributed by atoms with van der Waals surface area (Å²) in [5.41, 5.74) is 0. The molecular formula is C7H16N2O2S. The second kappa shape index (κ2) is 5.04. The van der Waals surface area contributed by atoms with E-state index in [0.29, 0.717) is 25.4 Å². The Morgan fingerprint density at radius 3 is 2.33 bits per heavy atom. The Balaban J connectivity index is 2.17. The van der Waals surface area contributed by atoms with Crippen molar-refractivity contribution in [3.63, 3.8) is 0 Å². The van der Waals surface area contributed by atoms with Gasteiger partial charge in [0.1, 0.15) is 0 Å². The maximum atomic E-state index is 9.28. The van der Waals surface area contributed by atoms with Gasteiger partial charge in [0.2, 0.25) is 0 Å². The van der Waals surface area contributed by atoms with Crippen LogP contribution in [0.1, 0.15) is 0 Å². The maximum Gasteiger partial charge on any atom is 0.0754 e. The molecular weight excluding hydrogens is 176 g/mol. The number of thiol groups is 1. The van der Waals surface area contributed by atoms with Crippen molar-refractivity contribution in [3.8, 4) is 0 Å². The van der Waals surface area contributed by atoms with Crippen molar-refractivity contribution in [1.29, 1.82) is 0 Å². The van der Waals surface area contributed by atoms with Crippen LogP contribution in [-0.2, 0) is 0 Å². The van der Waals surface area contributed by atoms with Gasteiger partial charge in [-0.2, -0.15) is 17.7 Å². The van der Waals surface area contributed by atoms with Crippen molar-refractivity contribution in [2.24, 2.45) is 0 Å². The SMILES string of the molecule is OC(CS)CN1CCN(O)CC1. The number of hydrogen-bond donors (Lipinski definition) is 3. The Morgan fingerprint density at radius 2 is 1.83 bits per heavy atom. The number of β-amino-alcohol motifs (C(OH)–C–C–N with tert-alkyl or cyclic N) is 1. The molecule has 0 bridgehead atoms. The van der Waals surface area contributed by atoms with E-state index in [9.17, 15) is 5.11 Å². The lowest BCUT2D eigenvalue weighted by atomic mass is 10.3. The lowest BCUT2D eigenvalue weighted by molar-refractivity contribution is -0.119. The number of hydroxylamine groups is 2. The Bertz CT molecular complexity index is 129. The van der Waals surface area contributed by atoms with Gasteiger partial charge in [-0.1, -0.05) is 0 Å². The van der Waals surface area contributed by atoms with E-state index in [1.54, 1.807) is 0 Å². The van der Waals surface area contributed by atoms with Crippen molar-refractivity contribution in [1.82, 2.24) is 9.96 Å². The molecule has 72 valence electrons. The van der Waals surface area contributed by atoms with E-state index in [4.69, 9.17) is 5.21 Å². The van der Waals surface area contributed by atoms with Gasteiger partial charge >= 0.3 is 0 Å². The van der Waals surface area contributed by atoms with Gasteiger partial charge < -0.3 is 10.3 Å². The zero-order valence-corrected chi connectivity index (χ0v) is 7.95. The summed E-state index contributed by atoms with van der Waals surface area (Å²) in [5.74, 6) is 0.499. The van der Waals surface area contributed by atoms with Crippen LogP contribution in [0.2, 0.25) is 0 Å². The quantitative estimate of drug-likeness (QED) is 0.517. The first-order chi connectivity index (χ1) is 5.72. The van der Waals surface area contributed by atoms with Crippen LogP contribution in [0.25, 0.3) is 0 Å². The molecule has 1 aliphatic heterocycles. The van der Waals surface area contributed by atoms with E-state index < -0.39 is 0 Å². The number of hydrogen-bond acceptors (Lipinski definition) is 5. The third kappa shape index (κ3) is 3.28. The fourth-order valence-corrected chi connectivity index (χ4v) is 1.39. The van der Waals surface area contributed by atoms with E-state index in [-0.39, 0.29) is 6.10 Å². The molecule has 0 amide bonds. The number of nitrogens with zero attached hydrogens (tertiary/aromatic N) is 2. The molecule has 0 radical (unpaired) electrons. The molecule has 12 heavy (non-hydrogen) atoms. The van der Waals surface area contributed by atoms with Crippen LogP contribution in [0, 0.1) is 0 Å². The zero-order valence-electron chi connectivity index (χ0n) is 7.06. The molecule has 1 unspecified atom stereocenters. The molecule has 1 heterocycles. The second-order valence-corrected chi connectivity index (χ2v) is 3.46. The Kier molecular flexibility index (Phi) is 4.31. The highest BCUT2D eigenvalue weighted by molar-refractivity contribution is 7.80. The summed E-state index contributed by atoms with van der Waals surface area (Å²) < 4.78 is 0. The minimum Gasteiger partial charge on any atom is -0.391 e. The fraction of sp³-hybridized carbons (Fsp3) is 1.00. The van der Waals surface area contributed by atoms with Crippen molar-refractivity contribution >= 4 is 12.6 Å². The maximum absolute atomic E-state index is 9.28. The average Bonchev–Trinajstić information content (AvgIpc) is 2.09. The molecule has 5 heteroatoms. The van der Waals surface area contributed by atoms with Gasteiger partial charge in [0.25, 0.3) is 0 Å². The summed E-state index contributed by atoms with van der Waals surface area (Å²) in [6.45, 7) is 3.64. The van der Waals surface area contributed by atoms with Gasteiger partial charge in [-0.25, -0.2) is 0 Å². The van der Waals surface area contributed by atoms with Gasteiger partial charge in [0, 0.05) is 38.5 Å². The zero-order chi connectivity index (χ0) is 8.97. The molecule has 1 aliphatic rings. The molecule has 1 atom stereocenters. The van der Waals surface area contributed by atoms with E-state index in [0.717, 1.165) is 13.1 Å². The molecule has 0 aliphatic carbocycles. The van der Waals surface area contributed by atoms with E-state index in [1.165, 1.54) is 5.06 Å². The highest BCUT2D eigenvalue weighted by atomic mass is 32.1. The molecule has 1 rings (SSSR count). The number of aliphatic hydroxyl groups excluding tert-OH is 1. The molecule has 1 saturated heterocycles. The topological polar surface area (TPSA) is 46.9 Å². The van der Waals surface area contributed by atoms with Gasteiger partial charge in [-0.3, -0.25) is 4.90 Å². The molecule has 0 spiro atoms. The van der Waals surface area contributed by atoms with E-state index in [2.05, 4.69) is 17.5 Å². The molecule has 0 saturated carbocycles. The summed E-state index contributed by atoms with van der Waals surface area (Å²) >= 11 is 4.00. The van der Waals surface area contributed by atoms with Crippen molar-refractivity contribution in [2.75, 3.05) is 38.5 Å². The molecule has 2 N–H and O–H groups in total. The average molecular weight is 192 g/mol. The van der Waals surface area contributed by atoms with Crippen LogP contribution in [0.4, 0.5) is 0 Å². The third-order valence-corrected chi connectivity index (χ3v) is 2.45. The van der Waals surface area contributed by atoms with Gasteiger partial charge in [-0.05, 0) is 0 Å². The molecule has 0 aromatic rings. The highest BCUT2D eigenvalue weighted by Crippen LogP contribution is 2.00. The predicted octanol–water partition coefficient (Wildman–Crippen LogP) is -0.716. The molecule has 4 nitrogen and oxygen atoms in total. The summed E-state index contributed by atoms with van der Waals surface area (Å²) in [6.07, 6.45) is -0.349. The van der Waals surface area contributed by atoms with Gasteiger partial charge in [-0.15, -0.1) is 0 Å². The Morgan fingerprint density at radius 1 is 1.25 bits per heavy atom. The first kappa shape index (κ1) is 10.3. The lowest BCUT2D eigenvalue weighted by Crippen LogP contribution is -2.47. The minimum atomic E-state index is -0.349. The second-order valence-electron chi connectivity index (χ2n) is 3.09. The molecule has 0 aromatic carbocycles. The van der Waals surface area contributed by atoms with E-state index in [1.807, 2.05) is 0 Å². The van der Waals surface area contributed by atoms with Crippen LogP contribution < -0.4 is 0 Å². The number of rotatable bonds is 3. The van der Waals surface area contributed by atoms with Crippen LogP contribution in [0.5, 0.6) is 0 Å². The molecule has 1 fully saturated rings. The lowest BCUT2D eigenvalue weighted by Gasteiger charge is -2.31. The smallest absolute Gasteiger partial charge is 0.0754 e. The minimum absolute atomic E-state index is 0.349.